The van der Waals surface area contributed by atoms with E-state index in [9.17, 15) is 9.59 Å². The number of carbonyl (C=O) groups is 2. The van der Waals surface area contributed by atoms with Crippen LogP contribution >= 0.6 is 0 Å². The van der Waals surface area contributed by atoms with Gasteiger partial charge in [0.25, 0.3) is 0 Å². The summed E-state index contributed by atoms with van der Waals surface area (Å²) in [7, 11) is 0. The van der Waals surface area contributed by atoms with Gasteiger partial charge in [-0.1, -0.05) is 6.92 Å². The van der Waals surface area contributed by atoms with E-state index in [4.69, 9.17) is 4.74 Å². The Bertz CT molecular complexity index is 414. The highest BCUT2D eigenvalue weighted by atomic mass is 16.5. The molecule has 2 unspecified atom stereocenters. The molecule has 2 amide bonds. The standard InChI is InChI=1S/C16H26N2O3/c1-12-4-2-8-18(11-12)15(20)16(6-7-16)14(19)17-10-13-5-3-9-21-13/h12-13H,2-11H2,1H3,(H,17,19). The van der Waals surface area contributed by atoms with Crippen molar-refractivity contribution in [3.05, 3.63) is 0 Å². The minimum absolute atomic E-state index is 0.0545. The van der Waals surface area contributed by atoms with Crippen LogP contribution in [0.3, 0.4) is 0 Å². The molecule has 0 radical (unpaired) electrons. The van der Waals surface area contributed by atoms with Crippen molar-refractivity contribution in [2.45, 2.75) is 51.6 Å². The van der Waals surface area contributed by atoms with Crippen LogP contribution in [0.4, 0.5) is 0 Å². The van der Waals surface area contributed by atoms with E-state index >= 15 is 0 Å². The van der Waals surface area contributed by atoms with E-state index in [0.717, 1.165) is 39.0 Å². The second-order valence-electron chi connectivity index (χ2n) is 6.93. The van der Waals surface area contributed by atoms with Gasteiger partial charge >= 0.3 is 0 Å². The lowest BCUT2D eigenvalue weighted by atomic mass is 9.96. The molecule has 3 fully saturated rings. The third-order valence-corrected chi connectivity index (χ3v) is 5.05. The molecule has 1 aliphatic carbocycles. The molecule has 0 aromatic carbocycles. The van der Waals surface area contributed by atoms with Gasteiger partial charge in [0.2, 0.25) is 11.8 Å². The normalized spacial score (nSPS) is 31.0. The van der Waals surface area contributed by atoms with Crippen LogP contribution in [0.5, 0.6) is 0 Å². The molecule has 2 heterocycles. The summed E-state index contributed by atoms with van der Waals surface area (Å²) in [6, 6.07) is 0. The smallest absolute Gasteiger partial charge is 0.238 e. The van der Waals surface area contributed by atoms with Gasteiger partial charge in [-0.05, 0) is 44.4 Å². The van der Waals surface area contributed by atoms with Crippen molar-refractivity contribution >= 4 is 11.8 Å². The van der Waals surface area contributed by atoms with Crippen molar-refractivity contribution in [2.75, 3.05) is 26.2 Å². The first kappa shape index (κ1) is 14.8. The summed E-state index contributed by atoms with van der Waals surface area (Å²) in [5, 5.41) is 2.95. The fourth-order valence-corrected chi connectivity index (χ4v) is 3.52. The molecule has 21 heavy (non-hydrogen) atoms. The van der Waals surface area contributed by atoms with Crippen molar-refractivity contribution in [3.8, 4) is 0 Å². The number of hydrogen-bond acceptors (Lipinski definition) is 3. The van der Waals surface area contributed by atoms with E-state index in [-0.39, 0.29) is 17.9 Å². The summed E-state index contributed by atoms with van der Waals surface area (Å²) in [6.45, 7) is 5.13. The minimum atomic E-state index is -0.754. The lowest BCUT2D eigenvalue weighted by Gasteiger charge is -2.33. The van der Waals surface area contributed by atoms with Gasteiger partial charge in [0.1, 0.15) is 5.41 Å². The third kappa shape index (κ3) is 3.07. The number of nitrogens with zero attached hydrogens (tertiary/aromatic N) is 1. The van der Waals surface area contributed by atoms with Gasteiger partial charge in [0, 0.05) is 26.2 Å². The Morgan fingerprint density at radius 1 is 1.29 bits per heavy atom. The average molecular weight is 294 g/mol. The van der Waals surface area contributed by atoms with Crippen molar-refractivity contribution in [3.63, 3.8) is 0 Å². The highest BCUT2D eigenvalue weighted by molar-refractivity contribution is 6.07. The average Bonchev–Trinajstić information content (AvgIpc) is 3.13. The van der Waals surface area contributed by atoms with Gasteiger partial charge in [-0.3, -0.25) is 9.59 Å². The Hall–Kier alpha value is -1.10. The highest BCUT2D eigenvalue weighted by Crippen LogP contribution is 2.48. The predicted molar refractivity (Wildman–Crippen MR) is 78.6 cm³/mol. The van der Waals surface area contributed by atoms with Crippen molar-refractivity contribution in [2.24, 2.45) is 11.3 Å². The summed E-state index contributed by atoms with van der Waals surface area (Å²) in [5.74, 6) is 0.522. The Morgan fingerprint density at radius 2 is 2.10 bits per heavy atom. The molecule has 3 aliphatic rings. The van der Waals surface area contributed by atoms with Crippen molar-refractivity contribution in [1.29, 1.82) is 0 Å². The van der Waals surface area contributed by atoms with Gasteiger partial charge in [-0.15, -0.1) is 0 Å². The van der Waals surface area contributed by atoms with Crippen LogP contribution in [0.15, 0.2) is 0 Å². The minimum Gasteiger partial charge on any atom is -0.376 e. The zero-order valence-corrected chi connectivity index (χ0v) is 12.9. The van der Waals surface area contributed by atoms with Gasteiger partial charge in [0.05, 0.1) is 6.10 Å². The van der Waals surface area contributed by atoms with E-state index in [1.807, 2.05) is 4.90 Å². The van der Waals surface area contributed by atoms with E-state index in [0.29, 0.717) is 25.3 Å². The number of carbonyl (C=O) groups excluding carboxylic acids is 2. The molecule has 0 bridgehead atoms. The molecule has 1 saturated carbocycles. The fourth-order valence-electron chi connectivity index (χ4n) is 3.52. The number of rotatable bonds is 4. The SMILES string of the molecule is CC1CCCN(C(=O)C2(C(=O)NCC3CCCO3)CC2)C1. The molecule has 3 rings (SSSR count). The summed E-state index contributed by atoms with van der Waals surface area (Å²) in [4.78, 5) is 27.0. The number of nitrogens with one attached hydrogen (secondary N) is 1. The second kappa shape index (κ2) is 5.95. The maximum atomic E-state index is 12.7. The Morgan fingerprint density at radius 3 is 2.71 bits per heavy atom. The van der Waals surface area contributed by atoms with Crippen LogP contribution in [0.1, 0.15) is 45.4 Å². The van der Waals surface area contributed by atoms with E-state index in [2.05, 4.69) is 12.2 Å². The molecule has 1 N–H and O–H groups in total. The fraction of sp³-hybridized carbons (Fsp3) is 0.875. The zero-order valence-electron chi connectivity index (χ0n) is 12.9. The molecular weight excluding hydrogens is 268 g/mol. The summed E-state index contributed by atoms with van der Waals surface area (Å²) in [5.41, 5.74) is -0.754. The zero-order chi connectivity index (χ0) is 14.9. The lowest BCUT2D eigenvalue weighted by Crippen LogP contribution is -2.49. The topological polar surface area (TPSA) is 58.6 Å². The van der Waals surface area contributed by atoms with Gasteiger partial charge in [-0.25, -0.2) is 0 Å². The second-order valence-corrected chi connectivity index (χ2v) is 6.93. The first-order valence-corrected chi connectivity index (χ1v) is 8.31. The molecule has 5 nitrogen and oxygen atoms in total. The van der Waals surface area contributed by atoms with E-state index < -0.39 is 5.41 Å². The van der Waals surface area contributed by atoms with Crippen LogP contribution < -0.4 is 5.32 Å². The van der Waals surface area contributed by atoms with Gasteiger partial charge in [-0.2, -0.15) is 0 Å². The number of hydrogen-bond donors (Lipinski definition) is 1. The number of likely N-dealkylation sites (tertiary alicyclic amines) is 1. The number of ether oxygens (including phenoxy) is 1. The van der Waals surface area contributed by atoms with Crippen LogP contribution in [0.2, 0.25) is 0 Å². The van der Waals surface area contributed by atoms with Crippen LogP contribution in [-0.4, -0.2) is 49.1 Å². The molecule has 118 valence electrons. The Labute approximate surface area is 126 Å². The summed E-state index contributed by atoms with van der Waals surface area (Å²) in [6.07, 6.45) is 5.85. The summed E-state index contributed by atoms with van der Waals surface area (Å²) >= 11 is 0. The van der Waals surface area contributed by atoms with Crippen LogP contribution in [0.25, 0.3) is 0 Å². The molecule has 0 aromatic rings. The van der Waals surface area contributed by atoms with Crippen LogP contribution in [0, 0.1) is 11.3 Å². The molecule has 5 heteroatoms. The number of amides is 2. The molecule has 2 aliphatic heterocycles. The highest BCUT2D eigenvalue weighted by Gasteiger charge is 2.58. The quantitative estimate of drug-likeness (QED) is 0.796. The molecule has 0 aromatic heterocycles. The first-order chi connectivity index (χ1) is 10.1. The lowest BCUT2D eigenvalue weighted by molar-refractivity contribution is -0.145. The first-order valence-electron chi connectivity index (χ1n) is 8.31. The van der Waals surface area contributed by atoms with Gasteiger partial charge < -0.3 is 15.0 Å². The van der Waals surface area contributed by atoms with Crippen molar-refractivity contribution < 1.29 is 14.3 Å². The summed E-state index contributed by atoms with van der Waals surface area (Å²) < 4.78 is 5.52. The van der Waals surface area contributed by atoms with E-state index in [1.54, 1.807) is 0 Å². The maximum Gasteiger partial charge on any atom is 0.238 e. The number of piperidine rings is 1. The maximum absolute atomic E-state index is 12.7. The van der Waals surface area contributed by atoms with Crippen molar-refractivity contribution in [1.82, 2.24) is 10.2 Å². The van der Waals surface area contributed by atoms with Gasteiger partial charge in [0.15, 0.2) is 0 Å². The molecule has 2 saturated heterocycles. The monoisotopic (exact) mass is 294 g/mol. The molecular formula is C16H26N2O3. The molecule has 0 spiro atoms. The Kier molecular flexibility index (Phi) is 4.20. The molecule has 2 atom stereocenters. The predicted octanol–water partition coefficient (Wildman–Crippen LogP) is 1.32. The third-order valence-electron chi connectivity index (χ3n) is 5.05. The van der Waals surface area contributed by atoms with Crippen LogP contribution in [-0.2, 0) is 14.3 Å². The largest absolute Gasteiger partial charge is 0.376 e. The Balaban J connectivity index is 1.55. The van der Waals surface area contributed by atoms with E-state index in [1.165, 1.54) is 6.42 Å².